The number of sulfone groups is 1. The molecule has 2 aromatic heterocycles. The highest BCUT2D eigenvalue weighted by Crippen LogP contribution is 2.44. The van der Waals surface area contributed by atoms with Crippen molar-refractivity contribution in [3.8, 4) is 0 Å². The molecule has 2 aliphatic rings. The van der Waals surface area contributed by atoms with Crippen LogP contribution in [0.3, 0.4) is 0 Å². The van der Waals surface area contributed by atoms with Crippen molar-refractivity contribution in [3.05, 3.63) is 87.8 Å². The molecular formula is C32H36N6O4S2. The first kappa shape index (κ1) is 30.3. The van der Waals surface area contributed by atoms with E-state index in [1.165, 1.54) is 21.1 Å². The van der Waals surface area contributed by atoms with Gasteiger partial charge in [-0.15, -0.1) is 0 Å². The van der Waals surface area contributed by atoms with Crippen LogP contribution in [0.2, 0.25) is 0 Å². The fraction of sp³-hybridized carbons (Fsp3) is 0.375. The predicted molar refractivity (Wildman–Crippen MR) is 175 cm³/mol. The zero-order chi connectivity index (χ0) is 31.4. The van der Waals surface area contributed by atoms with Gasteiger partial charge in [-0.25, -0.2) is 13.4 Å². The van der Waals surface area contributed by atoms with Gasteiger partial charge in [-0.3, -0.25) is 14.2 Å². The Morgan fingerprint density at radius 2 is 1.84 bits per heavy atom. The van der Waals surface area contributed by atoms with Crippen LogP contribution in [0.15, 0.2) is 70.5 Å². The van der Waals surface area contributed by atoms with Gasteiger partial charge in [-0.2, -0.15) is 16.7 Å². The molecule has 0 radical (unpaired) electrons. The van der Waals surface area contributed by atoms with Gasteiger partial charge in [-0.05, 0) is 62.7 Å². The lowest BCUT2D eigenvalue weighted by Crippen LogP contribution is -2.49. The fourth-order valence-electron chi connectivity index (χ4n) is 6.01. The minimum Gasteiger partial charge on any atom is -0.345 e. The zero-order valence-electron chi connectivity index (χ0n) is 25.4. The number of fused-ring (bicyclic) bond motifs is 2. The summed E-state index contributed by atoms with van der Waals surface area (Å²) in [5.41, 5.74) is 2.25. The van der Waals surface area contributed by atoms with Gasteiger partial charge in [-0.1, -0.05) is 30.3 Å². The smallest absolute Gasteiger partial charge is 0.265 e. The van der Waals surface area contributed by atoms with E-state index in [0.717, 1.165) is 24.5 Å². The van der Waals surface area contributed by atoms with E-state index in [4.69, 9.17) is 4.98 Å². The number of carbonyl (C=O) groups excluding carboxylic acids is 1. The standard InChI is InChI=1S/C32H36N6O4S2/c1-32(2)27(17-21-8-6-7-9-26(21)44(32,41)42)38-28-22(16-24(30(38)40)29(39)36(3)4)18-33-31(35-28)34-23-12-10-20(11-13-23)25-19-37(5)14-15-43-25/h6-13,16,18,25,27H,14-15,17,19H2,1-5H3,(H,33,34,35). The third-order valence-electron chi connectivity index (χ3n) is 8.70. The van der Waals surface area contributed by atoms with Gasteiger partial charge in [0, 0.05) is 55.5 Å². The third kappa shape index (κ3) is 5.18. The van der Waals surface area contributed by atoms with E-state index in [9.17, 15) is 18.0 Å². The van der Waals surface area contributed by atoms with Gasteiger partial charge < -0.3 is 15.1 Å². The molecule has 2 unspecified atom stereocenters. The summed E-state index contributed by atoms with van der Waals surface area (Å²) in [6.07, 6.45) is 1.84. The van der Waals surface area contributed by atoms with Crippen molar-refractivity contribution in [1.29, 1.82) is 0 Å². The number of carbonyl (C=O) groups is 1. The molecule has 0 spiro atoms. The van der Waals surface area contributed by atoms with Crippen LogP contribution in [-0.4, -0.2) is 83.4 Å². The van der Waals surface area contributed by atoms with Crippen molar-refractivity contribution in [2.75, 3.05) is 45.3 Å². The number of aromatic nitrogens is 3. The Kier molecular flexibility index (Phi) is 7.79. The second-order valence-electron chi connectivity index (χ2n) is 12.2. The van der Waals surface area contributed by atoms with Crippen LogP contribution in [0.5, 0.6) is 0 Å². The fourth-order valence-corrected chi connectivity index (χ4v) is 9.29. The molecule has 2 atom stereocenters. The van der Waals surface area contributed by atoms with Crippen LogP contribution >= 0.6 is 11.8 Å². The van der Waals surface area contributed by atoms with E-state index < -0.39 is 32.1 Å². The van der Waals surface area contributed by atoms with Gasteiger partial charge in [0.1, 0.15) is 11.2 Å². The molecule has 0 bridgehead atoms. The first-order chi connectivity index (χ1) is 20.9. The molecule has 6 rings (SSSR count). The van der Waals surface area contributed by atoms with Crippen LogP contribution in [0.4, 0.5) is 11.6 Å². The van der Waals surface area contributed by atoms with Crippen molar-refractivity contribution in [1.82, 2.24) is 24.3 Å². The number of hydrogen-bond donors (Lipinski definition) is 1. The Bertz CT molecular complexity index is 1920. The number of pyridine rings is 1. The molecule has 1 N–H and O–H groups in total. The van der Waals surface area contributed by atoms with Crippen molar-refractivity contribution < 1.29 is 13.2 Å². The summed E-state index contributed by atoms with van der Waals surface area (Å²) in [6, 6.07) is 15.7. The Morgan fingerprint density at radius 3 is 2.55 bits per heavy atom. The summed E-state index contributed by atoms with van der Waals surface area (Å²) in [5.74, 6) is 0.876. The van der Waals surface area contributed by atoms with Crippen LogP contribution < -0.4 is 10.9 Å². The highest BCUT2D eigenvalue weighted by molar-refractivity contribution is 7.99. The van der Waals surface area contributed by atoms with E-state index in [1.54, 1.807) is 58.4 Å². The van der Waals surface area contributed by atoms with E-state index in [1.807, 2.05) is 23.9 Å². The molecule has 0 saturated carbocycles. The molecule has 2 aliphatic heterocycles. The lowest BCUT2D eigenvalue weighted by molar-refractivity contribution is 0.0825. The van der Waals surface area contributed by atoms with Gasteiger partial charge in [0.15, 0.2) is 9.84 Å². The van der Waals surface area contributed by atoms with Gasteiger partial charge in [0.25, 0.3) is 11.5 Å². The largest absolute Gasteiger partial charge is 0.345 e. The number of likely N-dealkylation sites (N-methyl/N-ethyl adjacent to an activating group) is 1. The molecule has 12 heteroatoms. The lowest BCUT2D eigenvalue weighted by atomic mass is 9.93. The molecule has 1 fully saturated rings. The highest BCUT2D eigenvalue weighted by Gasteiger charge is 2.49. The molecule has 230 valence electrons. The lowest BCUT2D eigenvalue weighted by Gasteiger charge is -2.40. The van der Waals surface area contributed by atoms with E-state index in [0.29, 0.717) is 16.2 Å². The van der Waals surface area contributed by atoms with Crippen molar-refractivity contribution in [3.63, 3.8) is 0 Å². The average molecular weight is 633 g/mol. The van der Waals surface area contributed by atoms with Gasteiger partial charge in [0.05, 0.1) is 15.7 Å². The number of rotatable bonds is 5. The summed E-state index contributed by atoms with van der Waals surface area (Å²) in [6.45, 7) is 5.35. The van der Waals surface area contributed by atoms with E-state index >= 15 is 0 Å². The first-order valence-corrected chi connectivity index (χ1v) is 17.1. The molecular weight excluding hydrogens is 597 g/mol. The number of benzene rings is 2. The molecule has 44 heavy (non-hydrogen) atoms. The predicted octanol–water partition coefficient (Wildman–Crippen LogP) is 4.31. The maximum Gasteiger partial charge on any atom is 0.265 e. The van der Waals surface area contributed by atoms with Crippen molar-refractivity contribution >= 4 is 50.2 Å². The van der Waals surface area contributed by atoms with Crippen LogP contribution in [0, 0.1) is 0 Å². The number of anilines is 2. The maximum absolute atomic E-state index is 14.2. The summed E-state index contributed by atoms with van der Waals surface area (Å²) in [5, 5.41) is 4.11. The monoisotopic (exact) mass is 632 g/mol. The number of amides is 1. The number of hydrogen-bond acceptors (Lipinski definition) is 9. The molecule has 1 amide bonds. The Hall–Kier alpha value is -3.74. The van der Waals surface area contributed by atoms with Crippen LogP contribution in [0.25, 0.3) is 11.0 Å². The van der Waals surface area contributed by atoms with E-state index in [2.05, 4.69) is 34.4 Å². The minimum atomic E-state index is -3.85. The molecule has 2 aromatic carbocycles. The summed E-state index contributed by atoms with van der Waals surface area (Å²) >= 11 is 1.96. The number of thioether (sulfide) groups is 1. The zero-order valence-corrected chi connectivity index (χ0v) is 27.1. The first-order valence-electron chi connectivity index (χ1n) is 14.5. The quantitative estimate of drug-likeness (QED) is 0.344. The maximum atomic E-state index is 14.2. The van der Waals surface area contributed by atoms with Crippen molar-refractivity contribution in [2.24, 2.45) is 0 Å². The van der Waals surface area contributed by atoms with Crippen molar-refractivity contribution in [2.45, 2.75) is 41.2 Å². The molecule has 4 aromatic rings. The summed E-state index contributed by atoms with van der Waals surface area (Å²) in [4.78, 5) is 40.5. The molecule has 0 aliphatic carbocycles. The Labute approximate surface area is 261 Å². The molecule has 4 heterocycles. The third-order valence-corrected chi connectivity index (χ3v) is 12.6. The van der Waals surface area contributed by atoms with E-state index in [-0.39, 0.29) is 28.5 Å². The van der Waals surface area contributed by atoms with Crippen LogP contribution in [0.1, 0.15) is 46.6 Å². The van der Waals surface area contributed by atoms with Crippen LogP contribution in [-0.2, 0) is 16.3 Å². The average Bonchev–Trinajstić information content (AvgIpc) is 2.99. The van der Waals surface area contributed by atoms with Gasteiger partial charge >= 0.3 is 0 Å². The normalized spacial score (nSPS) is 21.0. The second kappa shape index (κ2) is 11.3. The summed E-state index contributed by atoms with van der Waals surface area (Å²) in [7, 11) is 1.44. The number of nitrogens with zero attached hydrogens (tertiary/aromatic N) is 5. The highest BCUT2D eigenvalue weighted by atomic mass is 32.2. The minimum absolute atomic E-state index is 0.0688. The van der Waals surface area contributed by atoms with Gasteiger partial charge in [0.2, 0.25) is 5.95 Å². The number of nitrogens with one attached hydrogen (secondary N) is 1. The topological polar surface area (TPSA) is 117 Å². The second-order valence-corrected chi connectivity index (χ2v) is 16.0. The Balaban J connectivity index is 1.45. The molecule has 1 saturated heterocycles. The Morgan fingerprint density at radius 1 is 1.11 bits per heavy atom. The SMILES string of the molecule is CN1CCSC(c2ccc(Nc3ncc4cc(C(=O)N(C)C)c(=O)n(C5Cc6ccccc6S(=O)(=O)C5(C)C)c4n3)cc2)C1. The molecule has 10 nitrogen and oxygen atoms in total. The summed E-state index contributed by atoms with van der Waals surface area (Å²) < 4.78 is 27.8.